The Balaban J connectivity index is 2.00. The topological polar surface area (TPSA) is 64.3 Å². The van der Waals surface area contributed by atoms with Gasteiger partial charge in [0.15, 0.2) is 0 Å². The largest absolute Gasteiger partial charge is 0.456 e. The third-order valence-electron chi connectivity index (χ3n) is 4.16. The van der Waals surface area contributed by atoms with Gasteiger partial charge in [-0.1, -0.05) is 0 Å². The van der Waals surface area contributed by atoms with Gasteiger partial charge in [0.1, 0.15) is 23.1 Å². The number of nitrogen functional groups attached to an aromatic ring is 1. The van der Waals surface area contributed by atoms with Crippen molar-refractivity contribution in [3.8, 4) is 11.5 Å². The first-order chi connectivity index (χ1) is 14.0. The van der Waals surface area contributed by atoms with Crippen LogP contribution in [-0.4, -0.2) is 5.91 Å². The Morgan fingerprint density at radius 3 is 2.30 bits per heavy atom. The van der Waals surface area contributed by atoms with Crippen LogP contribution in [0, 0.1) is 18.6 Å². The van der Waals surface area contributed by atoms with Gasteiger partial charge in [0.05, 0.1) is 16.8 Å². The van der Waals surface area contributed by atoms with E-state index < -0.39 is 34.8 Å². The van der Waals surface area contributed by atoms with Gasteiger partial charge in [-0.25, -0.2) is 8.78 Å². The Labute approximate surface area is 168 Å². The molecule has 30 heavy (non-hydrogen) atoms. The molecule has 0 aliphatic rings. The lowest BCUT2D eigenvalue weighted by molar-refractivity contribution is -0.137. The summed E-state index contributed by atoms with van der Waals surface area (Å²) in [5.74, 6) is -2.16. The van der Waals surface area contributed by atoms with Gasteiger partial charge in [-0.3, -0.25) is 4.79 Å². The molecule has 0 spiro atoms. The van der Waals surface area contributed by atoms with Crippen LogP contribution in [0.2, 0.25) is 0 Å². The minimum Gasteiger partial charge on any atom is -0.456 e. The third kappa shape index (κ3) is 4.68. The Kier molecular flexibility index (Phi) is 5.64. The van der Waals surface area contributed by atoms with Crippen molar-refractivity contribution in [2.75, 3.05) is 11.1 Å². The molecular weight excluding hydrogens is 407 g/mol. The minimum atomic E-state index is -4.69. The fourth-order valence-corrected chi connectivity index (χ4v) is 2.64. The zero-order chi connectivity index (χ0) is 22.1. The summed E-state index contributed by atoms with van der Waals surface area (Å²) in [5.41, 5.74) is 4.19. The van der Waals surface area contributed by atoms with Gasteiger partial charge >= 0.3 is 6.18 Å². The van der Waals surface area contributed by atoms with Crippen LogP contribution in [-0.2, 0) is 6.18 Å². The molecule has 0 unspecified atom stereocenters. The van der Waals surface area contributed by atoms with E-state index in [0.29, 0.717) is 11.6 Å². The lowest BCUT2D eigenvalue weighted by atomic mass is 10.1. The number of carbonyl (C=O) groups excluding carboxylic acids is 1. The number of carbonyl (C=O) groups is 1. The summed E-state index contributed by atoms with van der Waals surface area (Å²) in [6, 6.07) is 9.35. The lowest BCUT2D eigenvalue weighted by Crippen LogP contribution is -2.15. The molecule has 0 saturated heterocycles. The number of benzene rings is 3. The Hall–Kier alpha value is -3.62. The number of hydrogen-bond donors (Lipinski definition) is 2. The second-order valence-electron chi connectivity index (χ2n) is 6.41. The van der Waals surface area contributed by atoms with Gasteiger partial charge in [0.2, 0.25) is 0 Å². The number of rotatable bonds is 4. The number of anilines is 2. The quantitative estimate of drug-likeness (QED) is 0.405. The predicted octanol–water partition coefficient (Wildman–Crippen LogP) is 5.92. The van der Waals surface area contributed by atoms with Gasteiger partial charge in [-0.2, -0.15) is 13.2 Å². The molecule has 3 aromatic carbocycles. The average Bonchev–Trinajstić information content (AvgIpc) is 2.66. The van der Waals surface area contributed by atoms with E-state index >= 15 is 0 Å². The number of nitrogens with two attached hydrogens (primary N) is 1. The number of alkyl halides is 3. The lowest BCUT2D eigenvalue weighted by Gasteiger charge is -2.16. The second kappa shape index (κ2) is 8.02. The predicted molar refractivity (Wildman–Crippen MR) is 101 cm³/mol. The molecule has 3 aromatic rings. The summed E-state index contributed by atoms with van der Waals surface area (Å²) in [6.45, 7) is 1.55. The zero-order valence-electron chi connectivity index (χ0n) is 15.5. The van der Waals surface area contributed by atoms with Gasteiger partial charge in [0, 0.05) is 5.69 Å². The standard InChI is InChI=1S/C21H15F5N2O2/c1-11-8-13(22)3-7-18(11)30-19-6-2-12(21(24,25)26)9-15(19)20(29)28-14-4-5-16(23)17(27)10-14/h2-10H,27H2,1H3,(H,28,29). The molecule has 3 rings (SSSR count). The van der Waals surface area contributed by atoms with Crippen molar-refractivity contribution >= 4 is 17.3 Å². The monoisotopic (exact) mass is 422 g/mol. The highest BCUT2D eigenvalue weighted by Crippen LogP contribution is 2.35. The fraction of sp³-hybridized carbons (Fsp3) is 0.0952. The number of halogens is 5. The van der Waals surface area contributed by atoms with Crippen LogP contribution in [0.25, 0.3) is 0 Å². The molecule has 0 aliphatic carbocycles. The van der Waals surface area contributed by atoms with Gasteiger partial charge in [0.25, 0.3) is 5.91 Å². The molecule has 9 heteroatoms. The number of nitrogens with one attached hydrogen (secondary N) is 1. The van der Waals surface area contributed by atoms with E-state index in [-0.39, 0.29) is 22.9 Å². The zero-order valence-corrected chi connectivity index (χ0v) is 15.5. The molecule has 0 bridgehead atoms. The van der Waals surface area contributed by atoms with Crippen molar-refractivity contribution in [1.82, 2.24) is 0 Å². The van der Waals surface area contributed by atoms with Crippen LogP contribution in [0.4, 0.5) is 33.3 Å². The maximum atomic E-state index is 13.3. The highest BCUT2D eigenvalue weighted by Gasteiger charge is 2.32. The van der Waals surface area contributed by atoms with E-state index in [4.69, 9.17) is 10.5 Å². The minimum absolute atomic E-state index is 0.0835. The van der Waals surface area contributed by atoms with E-state index in [2.05, 4.69) is 5.32 Å². The number of ether oxygens (including phenoxy) is 1. The summed E-state index contributed by atoms with van der Waals surface area (Å²) in [4.78, 5) is 12.7. The van der Waals surface area contributed by atoms with E-state index in [0.717, 1.165) is 30.3 Å². The summed E-state index contributed by atoms with van der Waals surface area (Å²) < 4.78 is 71.6. The highest BCUT2D eigenvalue weighted by atomic mass is 19.4. The van der Waals surface area contributed by atoms with Crippen molar-refractivity contribution in [2.24, 2.45) is 0 Å². The van der Waals surface area contributed by atoms with E-state index in [1.54, 1.807) is 6.92 Å². The van der Waals surface area contributed by atoms with Crippen LogP contribution in [0.1, 0.15) is 21.5 Å². The summed E-state index contributed by atoms with van der Waals surface area (Å²) in [6.07, 6.45) is -4.69. The number of hydrogen-bond acceptors (Lipinski definition) is 3. The van der Waals surface area contributed by atoms with Gasteiger partial charge in [-0.15, -0.1) is 0 Å². The van der Waals surface area contributed by atoms with Crippen LogP contribution in [0.5, 0.6) is 11.5 Å². The first-order valence-corrected chi connectivity index (χ1v) is 8.56. The third-order valence-corrected chi connectivity index (χ3v) is 4.16. The fourth-order valence-electron chi connectivity index (χ4n) is 2.64. The van der Waals surface area contributed by atoms with Crippen molar-refractivity contribution < 1.29 is 31.5 Å². The summed E-state index contributed by atoms with van der Waals surface area (Å²) in [5, 5.41) is 2.36. The SMILES string of the molecule is Cc1cc(F)ccc1Oc1ccc(C(F)(F)F)cc1C(=O)Nc1ccc(F)c(N)c1. The van der Waals surface area contributed by atoms with Gasteiger partial charge in [-0.05, 0) is 67.1 Å². The number of amides is 1. The average molecular weight is 422 g/mol. The molecule has 0 saturated carbocycles. The molecule has 0 radical (unpaired) electrons. The second-order valence-corrected chi connectivity index (χ2v) is 6.41. The molecule has 0 atom stereocenters. The van der Waals surface area contributed by atoms with Crippen LogP contribution in [0.15, 0.2) is 54.6 Å². The molecular formula is C21H15F5N2O2. The first-order valence-electron chi connectivity index (χ1n) is 8.56. The molecule has 0 aromatic heterocycles. The Morgan fingerprint density at radius 1 is 0.967 bits per heavy atom. The Bertz CT molecular complexity index is 1110. The summed E-state index contributed by atoms with van der Waals surface area (Å²) >= 11 is 0. The van der Waals surface area contributed by atoms with Gasteiger partial charge < -0.3 is 15.8 Å². The van der Waals surface area contributed by atoms with Crippen LogP contribution in [0.3, 0.4) is 0 Å². The van der Waals surface area contributed by atoms with Crippen molar-refractivity contribution in [1.29, 1.82) is 0 Å². The maximum Gasteiger partial charge on any atom is 0.416 e. The van der Waals surface area contributed by atoms with Crippen molar-refractivity contribution in [3.63, 3.8) is 0 Å². The van der Waals surface area contributed by atoms with E-state index in [9.17, 15) is 26.7 Å². The first kappa shape index (κ1) is 21.1. The molecule has 3 N–H and O–H groups in total. The van der Waals surface area contributed by atoms with Crippen molar-refractivity contribution in [3.05, 3.63) is 82.9 Å². The normalized spacial score (nSPS) is 11.3. The molecule has 156 valence electrons. The molecule has 1 amide bonds. The highest BCUT2D eigenvalue weighted by molar-refractivity contribution is 6.06. The van der Waals surface area contributed by atoms with Crippen LogP contribution < -0.4 is 15.8 Å². The van der Waals surface area contributed by atoms with E-state index in [1.807, 2.05) is 0 Å². The maximum absolute atomic E-state index is 13.3. The molecule has 0 aliphatic heterocycles. The van der Waals surface area contributed by atoms with E-state index in [1.165, 1.54) is 18.2 Å². The molecule has 4 nitrogen and oxygen atoms in total. The van der Waals surface area contributed by atoms with Crippen LogP contribution >= 0.6 is 0 Å². The number of aryl methyl sites for hydroxylation is 1. The summed E-state index contributed by atoms with van der Waals surface area (Å²) in [7, 11) is 0. The molecule has 0 heterocycles. The van der Waals surface area contributed by atoms with Crippen molar-refractivity contribution in [2.45, 2.75) is 13.1 Å². The molecule has 0 fully saturated rings. The Morgan fingerprint density at radius 2 is 1.67 bits per heavy atom. The smallest absolute Gasteiger partial charge is 0.416 e.